The van der Waals surface area contributed by atoms with Crippen LogP contribution in [0.3, 0.4) is 0 Å². The van der Waals surface area contributed by atoms with Gasteiger partial charge in [-0.1, -0.05) is 161 Å². The quantitative estimate of drug-likeness (QED) is 0.148. The van der Waals surface area contributed by atoms with Crippen LogP contribution in [0.2, 0.25) is 0 Å². The maximum absolute atomic E-state index is 10.8. The number of benzene rings is 1. The molecule has 0 spiro atoms. The van der Waals surface area contributed by atoms with Crippen LogP contribution in [0.4, 0.5) is 0 Å². The molecule has 0 amide bonds. The second-order valence-corrected chi connectivity index (χ2v) is 10.9. The number of para-hydroxylation sites is 1. The molecule has 0 bridgehead atoms. The first-order chi connectivity index (χ1) is 16.7. The van der Waals surface area contributed by atoms with Gasteiger partial charge in [0.1, 0.15) is 5.75 Å². The van der Waals surface area contributed by atoms with E-state index in [0.717, 1.165) is 5.92 Å². The van der Waals surface area contributed by atoms with Crippen LogP contribution in [0.25, 0.3) is 0 Å². The van der Waals surface area contributed by atoms with Gasteiger partial charge in [-0.25, -0.2) is 0 Å². The predicted octanol–water partition coefficient (Wildman–Crippen LogP) is 11.7. The van der Waals surface area contributed by atoms with Gasteiger partial charge in [0.2, 0.25) is 0 Å². The minimum atomic E-state index is 0.531. The van der Waals surface area contributed by atoms with Crippen molar-refractivity contribution in [1.82, 2.24) is 0 Å². The normalized spacial score (nSPS) is 12.5. The smallest absolute Gasteiger partial charge is 0.119 e. The SMILES string of the molecule is CCCCCCCCCCCC(c1ccccc1O)C(CCCCCCC)CCCCCCC. The van der Waals surface area contributed by atoms with Gasteiger partial charge in [0.25, 0.3) is 0 Å². The van der Waals surface area contributed by atoms with Crippen molar-refractivity contribution in [2.75, 3.05) is 0 Å². The summed E-state index contributed by atoms with van der Waals surface area (Å²) < 4.78 is 0. The summed E-state index contributed by atoms with van der Waals surface area (Å²) in [4.78, 5) is 0. The van der Waals surface area contributed by atoms with Gasteiger partial charge < -0.3 is 5.11 Å². The maximum atomic E-state index is 10.8. The maximum Gasteiger partial charge on any atom is 0.119 e. The topological polar surface area (TPSA) is 20.2 Å². The van der Waals surface area contributed by atoms with E-state index in [9.17, 15) is 5.11 Å². The molecule has 0 aliphatic rings. The minimum Gasteiger partial charge on any atom is -0.508 e. The lowest BCUT2D eigenvalue weighted by Gasteiger charge is -2.29. The number of unbranched alkanes of at least 4 members (excludes halogenated alkanes) is 16. The molecule has 1 heteroatoms. The highest BCUT2D eigenvalue weighted by Crippen LogP contribution is 2.40. The third-order valence-corrected chi connectivity index (χ3v) is 7.88. The summed E-state index contributed by atoms with van der Waals surface area (Å²) in [5.41, 5.74) is 1.23. The molecule has 1 rings (SSSR count). The molecular weight excluding hydrogens is 412 g/mol. The zero-order chi connectivity index (χ0) is 24.7. The van der Waals surface area contributed by atoms with Crippen molar-refractivity contribution < 1.29 is 5.11 Å². The van der Waals surface area contributed by atoms with Crippen LogP contribution in [-0.4, -0.2) is 5.11 Å². The van der Waals surface area contributed by atoms with Gasteiger partial charge in [-0.3, -0.25) is 0 Å². The Kier molecular flexibility index (Phi) is 20.5. The van der Waals surface area contributed by atoms with Gasteiger partial charge >= 0.3 is 0 Å². The summed E-state index contributed by atoms with van der Waals surface area (Å²) in [6.45, 7) is 6.90. The van der Waals surface area contributed by atoms with Gasteiger partial charge in [0, 0.05) is 0 Å². The highest BCUT2D eigenvalue weighted by atomic mass is 16.3. The second kappa shape index (κ2) is 22.5. The van der Waals surface area contributed by atoms with E-state index in [-0.39, 0.29) is 0 Å². The summed E-state index contributed by atoms with van der Waals surface area (Å²) in [6, 6.07) is 8.25. The molecule has 0 aliphatic heterocycles. The third-order valence-electron chi connectivity index (χ3n) is 7.88. The molecule has 0 radical (unpaired) electrons. The van der Waals surface area contributed by atoms with E-state index in [1.54, 1.807) is 0 Å². The lowest BCUT2D eigenvalue weighted by molar-refractivity contribution is 0.314. The van der Waals surface area contributed by atoms with Crippen molar-refractivity contribution in [2.45, 2.75) is 168 Å². The molecule has 34 heavy (non-hydrogen) atoms. The van der Waals surface area contributed by atoms with Crippen molar-refractivity contribution >= 4 is 0 Å². The van der Waals surface area contributed by atoms with Gasteiger partial charge in [0.15, 0.2) is 0 Å². The standard InChI is InChI=1S/C33H60O/c1-4-7-10-13-14-15-16-19-22-27-31(32-28-23-24-29-33(32)34)30(25-20-17-11-8-5-2)26-21-18-12-9-6-3/h23-24,28-31,34H,4-22,25-27H2,1-3H3. The lowest BCUT2D eigenvalue weighted by Crippen LogP contribution is -2.14. The fourth-order valence-electron chi connectivity index (χ4n) is 5.69. The summed E-state index contributed by atoms with van der Waals surface area (Å²) in [7, 11) is 0. The Balaban J connectivity index is 2.66. The highest BCUT2D eigenvalue weighted by Gasteiger charge is 2.24. The number of hydrogen-bond donors (Lipinski definition) is 1. The number of aromatic hydroxyl groups is 1. The Morgan fingerprint density at radius 2 is 0.882 bits per heavy atom. The Hall–Kier alpha value is -0.980. The van der Waals surface area contributed by atoms with Crippen LogP contribution in [-0.2, 0) is 0 Å². The van der Waals surface area contributed by atoms with E-state index in [1.165, 1.54) is 147 Å². The third kappa shape index (κ3) is 15.1. The highest BCUT2D eigenvalue weighted by molar-refractivity contribution is 5.35. The van der Waals surface area contributed by atoms with E-state index in [4.69, 9.17) is 0 Å². The number of rotatable bonds is 24. The molecule has 1 unspecified atom stereocenters. The summed E-state index contributed by atoms with van der Waals surface area (Å²) in [5, 5.41) is 10.8. The van der Waals surface area contributed by atoms with Crippen LogP contribution in [0.5, 0.6) is 5.75 Å². The van der Waals surface area contributed by atoms with Gasteiger partial charge in [0.05, 0.1) is 0 Å². The first kappa shape index (κ1) is 31.1. The second-order valence-electron chi connectivity index (χ2n) is 10.9. The molecule has 0 aliphatic carbocycles. The summed E-state index contributed by atoms with van der Waals surface area (Å²) >= 11 is 0. The van der Waals surface area contributed by atoms with Crippen molar-refractivity contribution in [3.05, 3.63) is 29.8 Å². The largest absolute Gasteiger partial charge is 0.508 e. The fourth-order valence-corrected chi connectivity index (χ4v) is 5.69. The summed E-state index contributed by atoms with van der Waals surface area (Å²) in [5.74, 6) is 1.79. The van der Waals surface area contributed by atoms with Crippen LogP contribution in [0.15, 0.2) is 24.3 Å². The van der Waals surface area contributed by atoms with Crippen molar-refractivity contribution in [1.29, 1.82) is 0 Å². The molecule has 0 aromatic heterocycles. The monoisotopic (exact) mass is 472 g/mol. The Bertz CT molecular complexity index is 537. The Morgan fingerprint density at radius 1 is 0.500 bits per heavy atom. The van der Waals surface area contributed by atoms with Crippen molar-refractivity contribution in [3.8, 4) is 5.75 Å². The molecule has 1 aromatic carbocycles. The van der Waals surface area contributed by atoms with Gasteiger partial charge in [-0.2, -0.15) is 0 Å². The number of hydrogen-bond acceptors (Lipinski definition) is 1. The van der Waals surface area contributed by atoms with E-state index in [0.29, 0.717) is 11.7 Å². The van der Waals surface area contributed by atoms with Crippen LogP contribution in [0.1, 0.15) is 174 Å². The average Bonchev–Trinajstić information content (AvgIpc) is 2.85. The molecular formula is C33H60O. The molecule has 0 heterocycles. The molecule has 0 saturated carbocycles. The summed E-state index contributed by atoms with van der Waals surface area (Å²) in [6.07, 6.45) is 30.1. The van der Waals surface area contributed by atoms with E-state index in [2.05, 4.69) is 32.9 Å². The number of phenolic OH excluding ortho intramolecular Hbond substituents is 1. The zero-order valence-corrected chi connectivity index (χ0v) is 23.5. The first-order valence-electron chi connectivity index (χ1n) is 15.5. The van der Waals surface area contributed by atoms with E-state index < -0.39 is 0 Å². The molecule has 1 N–H and O–H groups in total. The molecule has 198 valence electrons. The molecule has 0 saturated heterocycles. The van der Waals surface area contributed by atoms with Crippen LogP contribution in [0, 0.1) is 5.92 Å². The van der Waals surface area contributed by atoms with Crippen LogP contribution < -0.4 is 0 Å². The zero-order valence-electron chi connectivity index (χ0n) is 23.5. The van der Waals surface area contributed by atoms with Crippen molar-refractivity contribution in [2.24, 2.45) is 5.92 Å². The molecule has 1 nitrogen and oxygen atoms in total. The average molecular weight is 473 g/mol. The molecule has 1 aromatic rings. The van der Waals surface area contributed by atoms with E-state index >= 15 is 0 Å². The van der Waals surface area contributed by atoms with E-state index in [1.807, 2.05) is 12.1 Å². The lowest BCUT2D eigenvalue weighted by atomic mass is 9.76. The first-order valence-corrected chi connectivity index (χ1v) is 15.5. The van der Waals surface area contributed by atoms with Crippen LogP contribution >= 0.6 is 0 Å². The van der Waals surface area contributed by atoms with Gasteiger partial charge in [-0.15, -0.1) is 0 Å². The minimum absolute atomic E-state index is 0.531. The van der Waals surface area contributed by atoms with Gasteiger partial charge in [-0.05, 0) is 42.7 Å². The van der Waals surface area contributed by atoms with Crippen molar-refractivity contribution in [3.63, 3.8) is 0 Å². The molecule has 1 atom stereocenters. The number of phenols is 1. The molecule has 0 fully saturated rings. The predicted molar refractivity (Wildman–Crippen MR) is 153 cm³/mol. The fraction of sp³-hybridized carbons (Fsp3) is 0.818. The Morgan fingerprint density at radius 3 is 1.32 bits per heavy atom. The Labute approximate surface area is 214 Å².